The van der Waals surface area contributed by atoms with Gasteiger partial charge in [-0.05, 0) is 31.8 Å². The molecular formula is C9H22N2. The molecule has 0 radical (unpaired) electrons. The van der Waals surface area contributed by atoms with Gasteiger partial charge in [-0.15, -0.1) is 0 Å². The highest BCUT2D eigenvalue weighted by molar-refractivity contribution is 4.80. The average Bonchev–Trinajstić information content (AvgIpc) is 2.55. The zero-order valence-electron chi connectivity index (χ0n) is 8.06. The fraction of sp³-hybridized carbons (Fsp3) is 1.00. The van der Waals surface area contributed by atoms with Crippen LogP contribution in [0.1, 0.15) is 33.6 Å². The van der Waals surface area contributed by atoms with Gasteiger partial charge in [-0.1, -0.05) is 20.8 Å². The Labute approximate surface area is 70.5 Å². The molecule has 1 rings (SSSR count). The summed E-state index contributed by atoms with van der Waals surface area (Å²) in [4.78, 5) is 0. The van der Waals surface area contributed by atoms with E-state index in [1.807, 2.05) is 13.8 Å². The lowest BCUT2D eigenvalue weighted by atomic mass is 10.1. The predicted molar refractivity (Wildman–Crippen MR) is 50.6 cm³/mol. The molecule has 11 heavy (non-hydrogen) atoms. The molecule has 0 aromatic rings. The first-order valence-electron chi connectivity index (χ1n) is 4.80. The van der Waals surface area contributed by atoms with Crippen molar-refractivity contribution in [3.63, 3.8) is 0 Å². The van der Waals surface area contributed by atoms with Crippen LogP contribution in [0.25, 0.3) is 0 Å². The molecule has 1 aliphatic heterocycles. The van der Waals surface area contributed by atoms with E-state index >= 15 is 0 Å². The van der Waals surface area contributed by atoms with Crippen molar-refractivity contribution in [2.45, 2.75) is 39.7 Å². The summed E-state index contributed by atoms with van der Waals surface area (Å²) in [7, 11) is 0. The van der Waals surface area contributed by atoms with E-state index in [1.54, 1.807) is 0 Å². The summed E-state index contributed by atoms with van der Waals surface area (Å²) in [6.45, 7) is 8.20. The maximum atomic E-state index is 5.51. The molecule has 68 valence electrons. The van der Waals surface area contributed by atoms with Gasteiger partial charge in [0.2, 0.25) is 0 Å². The molecule has 2 heteroatoms. The Bertz CT molecular complexity index is 73.6. The highest BCUT2D eigenvalue weighted by atomic mass is 14.9. The van der Waals surface area contributed by atoms with Gasteiger partial charge in [0.15, 0.2) is 0 Å². The minimum absolute atomic E-state index is 0.745. The van der Waals surface area contributed by atoms with Crippen LogP contribution >= 0.6 is 0 Å². The largest absolute Gasteiger partial charge is 0.330 e. The molecule has 1 fully saturated rings. The number of hydrogen-bond donors (Lipinski definition) is 2. The van der Waals surface area contributed by atoms with Crippen LogP contribution in [-0.2, 0) is 0 Å². The summed E-state index contributed by atoms with van der Waals surface area (Å²) in [5, 5.41) is 3.43. The van der Waals surface area contributed by atoms with E-state index in [1.165, 1.54) is 12.8 Å². The van der Waals surface area contributed by atoms with Crippen LogP contribution in [0.5, 0.6) is 0 Å². The smallest absolute Gasteiger partial charge is 0.00681 e. The van der Waals surface area contributed by atoms with Crippen molar-refractivity contribution < 1.29 is 0 Å². The molecule has 2 atom stereocenters. The monoisotopic (exact) mass is 158 g/mol. The van der Waals surface area contributed by atoms with Crippen molar-refractivity contribution in [2.24, 2.45) is 11.7 Å². The van der Waals surface area contributed by atoms with Gasteiger partial charge in [0.05, 0.1) is 0 Å². The maximum absolute atomic E-state index is 5.51. The van der Waals surface area contributed by atoms with Gasteiger partial charge in [-0.25, -0.2) is 0 Å². The number of rotatable bonds is 2. The molecule has 2 nitrogen and oxygen atoms in total. The normalized spacial score (nSPS) is 29.5. The van der Waals surface area contributed by atoms with Crippen molar-refractivity contribution >= 4 is 0 Å². The zero-order valence-corrected chi connectivity index (χ0v) is 8.06. The molecule has 1 saturated heterocycles. The lowest BCUT2D eigenvalue weighted by molar-refractivity contribution is 0.550. The molecule has 0 spiro atoms. The summed E-state index contributed by atoms with van der Waals surface area (Å²) >= 11 is 0. The van der Waals surface area contributed by atoms with Crippen LogP contribution in [0, 0.1) is 5.92 Å². The minimum atomic E-state index is 0.745. The van der Waals surface area contributed by atoms with Gasteiger partial charge in [-0.2, -0.15) is 0 Å². The standard InChI is InChI=1S/C7H16N2.C2H6/c1-2-7-3-6(4-8)5-9-7;1-2/h6-7,9H,2-5,8H2,1H3;1-2H3. The first kappa shape index (κ1) is 10.9. The fourth-order valence-electron chi connectivity index (χ4n) is 1.39. The first-order valence-corrected chi connectivity index (χ1v) is 4.80. The van der Waals surface area contributed by atoms with E-state index in [0.29, 0.717) is 0 Å². The van der Waals surface area contributed by atoms with Crippen molar-refractivity contribution in [1.29, 1.82) is 0 Å². The quantitative estimate of drug-likeness (QED) is 0.637. The molecule has 0 bridgehead atoms. The molecule has 0 amide bonds. The van der Waals surface area contributed by atoms with Crippen LogP contribution in [0.3, 0.4) is 0 Å². The van der Waals surface area contributed by atoms with Crippen molar-refractivity contribution in [3.05, 3.63) is 0 Å². The minimum Gasteiger partial charge on any atom is -0.330 e. The Balaban J connectivity index is 0.000000461. The van der Waals surface area contributed by atoms with Crippen LogP contribution in [0.15, 0.2) is 0 Å². The van der Waals surface area contributed by atoms with E-state index in [9.17, 15) is 0 Å². The lowest BCUT2D eigenvalue weighted by Gasteiger charge is -2.04. The second-order valence-electron chi connectivity index (χ2n) is 2.85. The molecule has 1 heterocycles. The number of nitrogens with two attached hydrogens (primary N) is 1. The van der Waals surface area contributed by atoms with Gasteiger partial charge < -0.3 is 11.1 Å². The maximum Gasteiger partial charge on any atom is 0.00681 e. The third kappa shape index (κ3) is 3.73. The summed E-state index contributed by atoms with van der Waals surface area (Å²) in [5.74, 6) is 0.745. The topological polar surface area (TPSA) is 38.0 Å². The van der Waals surface area contributed by atoms with Gasteiger partial charge in [0.1, 0.15) is 0 Å². The SMILES string of the molecule is CC.CCC1CC(CN)CN1. The van der Waals surface area contributed by atoms with Crippen LogP contribution < -0.4 is 11.1 Å². The van der Waals surface area contributed by atoms with Crippen LogP contribution in [0.2, 0.25) is 0 Å². The van der Waals surface area contributed by atoms with E-state index in [4.69, 9.17) is 5.73 Å². The average molecular weight is 158 g/mol. The Morgan fingerprint density at radius 2 is 2.09 bits per heavy atom. The second kappa shape index (κ2) is 6.62. The van der Waals surface area contributed by atoms with E-state index < -0.39 is 0 Å². The summed E-state index contributed by atoms with van der Waals surface area (Å²) in [6.07, 6.45) is 2.53. The highest BCUT2D eigenvalue weighted by Gasteiger charge is 2.20. The van der Waals surface area contributed by atoms with E-state index in [-0.39, 0.29) is 0 Å². The van der Waals surface area contributed by atoms with E-state index in [0.717, 1.165) is 25.0 Å². The fourth-order valence-corrected chi connectivity index (χ4v) is 1.39. The third-order valence-electron chi connectivity index (χ3n) is 2.14. The molecule has 2 unspecified atom stereocenters. The van der Waals surface area contributed by atoms with Crippen LogP contribution in [0.4, 0.5) is 0 Å². The molecule has 0 aromatic heterocycles. The van der Waals surface area contributed by atoms with Gasteiger partial charge >= 0.3 is 0 Å². The van der Waals surface area contributed by atoms with Gasteiger partial charge in [-0.3, -0.25) is 0 Å². The Kier molecular flexibility index (Phi) is 6.57. The second-order valence-corrected chi connectivity index (χ2v) is 2.85. The number of nitrogens with one attached hydrogen (secondary N) is 1. The van der Waals surface area contributed by atoms with E-state index in [2.05, 4.69) is 12.2 Å². The summed E-state index contributed by atoms with van der Waals surface area (Å²) in [6, 6.07) is 0.749. The van der Waals surface area contributed by atoms with Crippen molar-refractivity contribution in [3.8, 4) is 0 Å². The molecule has 1 aliphatic rings. The van der Waals surface area contributed by atoms with Crippen molar-refractivity contribution in [1.82, 2.24) is 5.32 Å². The Morgan fingerprint density at radius 3 is 2.36 bits per heavy atom. The molecule has 0 saturated carbocycles. The molecular weight excluding hydrogens is 136 g/mol. The lowest BCUT2D eigenvalue weighted by Crippen LogP contribution is -2.20. The molecule has 0 aliphatic carbocycles. The van der Waals surface area contributed by atoms with Gasteiger partial charge in [0, 0.05) is 6.04 Å². The molecule has 3 N–H and O–H groups in total. The first-order chi connectivity index (χ1) is 5.36. The Morgan fingerprint density at radius 1 is 1.45 bits per heavy atom. The number of hydrogen-bond acceptors (Lipinski definition) is 2. The van der Waals surface area contributed by atoms with Crippen molar-refractivity contribution in [2.75, 3.05) is 13.1 Å². The highest BCUT2D eigenvalue weighted by Crippen LogP contribution is 2.13. The zero-order chi connectivity index (χ0) is 8.69. The van der Waals surface area contributed by atoms with Crippen LogP contribution in [-0.4, -0.2) is 19.1 Å². The third-order valence-corrected chi connectivity index (χ3v) is 2.14. The van der Waals surface area contributed by atoms with Gasteiger partial charge in [0.25, 0.3) is 0 Å². The molecule has 0 aromatic carbocycles. The summed E-state index contributed by atoms with van der Waals surface area (Å²) in [5.41, 5.74) is 5.51. The Hall–Kier alpha value is -0.0800. The predicted octanol–water partition coefficient (Wildman–Crippen LogP) is 1.36. The summed E-state index contributed by atoms with van der Waals surface area (Å²) < 4.78 is 0.